The first-order valence-electron chi connectivity index (χ1n) is 5.95. The number of nitrogens with one attached hydrogen (secondary N) is 2. The van der Waals surface area contributed by atoms with Crippen molar-refractivity contribution in [1.82, 2.24) is 20.4 Å². The van der Waals surface area contributed by atoms with Crippen molar-refractivity contribution in [2.45, 2.75) is 20.4 Å². The standard InChI is InChI=1S/C12H15N5O2/c1-3-13-10-5-9(4-8(2)16-10)12(18)14-6-11-15-7-19-17-11/h4-5,7H,3,6H2,1-2H3,(H,13,16)(H,14,18). The lowest BCUT2D eigenvalue weighted by atomic mass is 10.2. The van der Waals surface area contributed by atoms with Crippen molar-refractivity contribution >= 4 is 11.7 Å². The minimum absolute atomic E-state index is 0.200. The molecule has 0 saturated heterocycles. The van der Waals surface area contributed by atoms with Crippen molar-refractivity contribution < 1.29 is 9.32 Å². The van der Waals surface area contributed by atoms with E-state index in [0.717, 1.165) is 12.2 Å². The first-order valence-corrected chi connectivity index (χ1v) is 5.95. The molecule has 2 aromatic heterocycles. The average molecular weight is 261 g/mol. The highest BCUT2D eigenvalue weighted by Gasteiger charge is 2.09. The molecular weight excluding hydrogens is 246 g/mol. The summed E-state index contributed by atoms with van der Waals surface area (Å²) in [5, 5.41) is 9.42. The van der Waals surface area contributed by atoms with Crippen LogP contribution in [0.4, 0.5) is 5.82 Å². The third kappa shape index (κ3) is 3.51. The van der Waals surface area contributed by atoms with E-state index in [-0.39, 0.29) is 12.5 Å². The molecule has 0 aliphatic heterocycles. The van der Waals surface area contributed by atoms with Gasteiger partial charge in [-0.3, -0.25) is 4.79 Å². The van der Waals surface area contributed by atoms with E-state index >= 15 is 0 Å². The maximum Gasteiger partial charge on any atom is 0.251 e. The van der Waals surface area contributed by atoms with Crippen LogP contribution in [0.25, 0.3) is 0 Å². The van der Waals surface area contributed by atoms with Crippen molar-refractivity contribution in [1.29, 1.82) is 0 Å². The summed E-state index contributed by atoms with van der Waals surface area (Å²) in [6, 6.07) is 3.44. The summed E-state index contributed by atoms with van der Waals surface area (Å²) in [6.07, 6.45) is 1.22. The Morgan fingerprint density at radius 3 is 2.95 bits per heavy atom. The first-order chi connectivity index (χ1) is 9.19. The lowest BCUT2D eigenvalue weighted by Gasteiger charge is -2.07. The van der Waals surface area contributed by atoms with E-state index in [0.29, 0.717) is 17.2 Å². The molecule has 2 N–H and O–H groups in total. The number of pyridine rings is 1. The van der Waals surface area contributed by atoms with Crippen molar-refractivity contribution in [3.63, 3.8) is 0 Å². The Bertz CT molecular complexity index is 553. The molecule has 1 amide bonds. The van der Waals surface area contributed by atoms with Crippen LogP contribution in [-0.2, 0) is 6.54 Å². The van der Waals surface area contributed by atoms with Crippen LogP contribution in [0.3, 0.4) is 0 Å². The summed E-state index contributed by atoms with van der Waals surface area (Å²) >= 11 is 0. The van der Waals surface area contributed by atoms with Gasteiger partial charge in [0.15, 0.2) is 5.82 Å². The third-order valence-electron chi connectivity index (χ3n) is 2.39. The van der Waals surface area contributed by atoms with Gasteiger partial charge < -0.3 is 15.2 Å². The molecule has 0 atom stereocenters. The Morgan fingerprint density at radius 2 is 2.26 bits per heavy atom. The molecule has 0 fully saturated rings. The number of aryl methyl sites for hydroxylation is 1. The van der Waals surface area contributed by atoms with E-state index in [1.54, 1.807) is 12.1 Å². The highest BCUT2D eigenvalue weighted by atomic mass is 16.5. The topological polar surface area (TPSA) is 92.9 Å². The van der Waals surface area contributed by atoms with Crippen molar-refractivity contribution in [2.24, 2.45) is 0 Å². The molecular formula is C12H15N5O2. The second-order valence-corrected chi connectivity index (χ2v) is 3.94. The SMILES string of the molecule is CCNc1cc(C(=O)NCc2ncon2)cc(C)n1. The fraction of sp³-hybridized carbons (Fsp3) is 0.333. The van der Waals surface area contributed by atoms with Gasteiger partial charge in [0.2, 0.25) is 6.39 Å². The monoisotopic (exact) mass is 261 g/mol. The van der Waals surface area contributed by atoms with Crippen molar-refractivity contribution in [2.75, 3.05) is 11.9 Å². The minimum atomic E-state index is -0.200. The molecule has 0 radical (unpaired) electrons. The number of hydrogen-bond acceptors (Lipinski definition) is 6. The van der Waals surface area contributed by atoms with E-state index in [1.165, 1.54) is 6.39 Å². The van der Waals surface area contributed by atoms with Gasteiger partial charge in [-0.1, -0.05) is 5.16 Å². The van der Waals surface area contributed by atoms with Gasteiger partial charge >= 0.3 is 0 Å². The lowest BCUT2D eigenvalue weighted by Crippen LogP contribution is -2.23. The molecule has 0 bridgehead atoms. The van der Waals surface area contributed by atoms with Gasteiger partial charge in [0.25, 0.3) is 5.91 Å². The highest BCUT2D eigenvalue weighted by molar-refractivity contribution is 5.94. The quantitative estimate of drug-likeness (QED) is 0.838. The zero-order valence-electron chi connectivity index (χ0n) is 10.8. The Kier molecular flexibility index (Phi) is 4.07. The van der Waals surface area contributed by atoms with Crippen LogP contribution < -0.4 is 10.6 Å². The first kappa shape index (κ1) is 13.0. The van der Waals surface area contributed by atoms with E-state index < -0.39 is 0 Å². The predicted octanol–water partition coefficient (Wildman–Crippen LogP) is 1.13. The molecule has 7 nitrogen and oxygen atoms in total. The third-order valence-corrected chi connectivity index (χ3v) is 2.39. The normalized spacial score (nSPS) is 10.2. The Hall–Kier alpha value is -2.44. The number of amides is 1. The number of carbonyl (C=O) groups excluding carboxylic acids is 1. The molecule has 0 aliphatic rings. The number of anilines is 1. The second-order valence-electron chi connectivity index (χ2n) is 3.94. The van der Waals surface area contributed by atoms with Crippen LogP contribution in [0.2, 0.25) is 0 Å². The molecule has 0 aliphatic carbocycles. The predicted molar refractivity (Wildman–Crippen MR) is 68.6 cm³/mol. The molecule has 0 aromatic carbocycles. The van der Waals surface area contributed by atoms with E-state index in [2.05, 4.69) is 30.3 Å². The van der Waals surface area contributed by atoms with E-state index in [1.807, 2.05) is 13.8 Å². The molecule has 100 valence electrons. The zero-order chi connectivity index (χ0) is 13.7. The van der Waals surface area contributed by atoms with Crippen LogP contribution in [0.5, 0.6) is 0 Å². The number of aromatic nitrogens is 3. The van der Waals surface area contributed by atoms with Crippen molar-refractivity contribution in [3.05, 3.63) is 35.6 Å². The summed E-state index contributed by atoms with van der Waals surface area (Å²) in [4.78, 5) is 20.1. The number of rotatable bonds is 5. The van der Waals surface area contributed by atoms with Crippen LogP contribution >= 0.6 is 0 Å². The molecule has 19 heavy (non-hydrogen) atoms. The van der Waals surface area contributed by atoms with Gasteiger partial charge in [-0.2, -0.15) is 4.98 Å². The molecule has 2 heterocycles. The van der Waals surface area contributed by atoms with Gasteiger partial charge in [0.05, 0.1) is 6.54 Å². The molecule has 2 aromatic rings. The molecule has 7 heteroatoms. The number of carbonyl (C=O) groups is 1. The molecule has 0 spiro atoms. The molecule has 2 rings (SSSR count). The summed E-state index contributed by atoms with van der Waals surface area (Å²) in [6.45, 7) is 4.80. The van der Waals surface area contributed by atoms with E-state index in [4.69, 9.17) is 0 Å². The summed E-state index contributed by atoms with van der Waals surface area (Å²) in [7, 11) is 0. The second kappa shape index (κ2) is 5.94. The van der Waals surface area contributed by atoms with Crippen molar-refractivity contribution in [3.8, 4) is 0 Å². The summed E-state index contributed by atoms with van der Waals surface area (Å²) < 4.78 is 4.59. The Labute approximate surface area is 110 Å². The summed E-state index contributed by atoms with van der Waals surface area (Å²) in [5.74, 6) is 0.924. The fourth-order valence-corrected chi connectivity index (χ4v) is 1.60. The van der Waals surface area contributed by atoms with Crippen LogP contribution in [0.15, 0.2) is 23.0 Å². The zero-order valence-corrected chi connectivity index (χ0v) is 10.8. The fourth-order valence-electron chi connectivity index (χ4n) is 1.60. The van der Waals surface area contributed by atoms with E-state index in [9.17, 15) is 4.79 Å². The van der Waals surface area contributed by atoms with Gasteiger partial charge in [-0.15, -0.1) is 0 Å². The van der Waals surface area contributed by atoms with Crippen LogP contribution in [-0.4, -0.2) is 27.6 Å². The number of hydrogen-bond donors (Lipinski definition) is 2. The highest BCUT2D eigenvalue weighted by Crippen LogP contribution is 2.10. The maximum absolute atomic E-state index is 12.0. The number of nitrogens with zero attached hydrogens (tertiary/aromatic N) is 3. The molecule has 0 unspecified atom stereocenters. The van der Waals surface area contributed by atoms with Gasteiger partial charge in [0, 0.05) is 17.8 Å². The molecule has 0 saturated carbocycles. The maximum atomic E-state index is 12.0. The summed E-state index contributed by atoms with van der Waals surface area (Å²) in [5.41, 5.74) is 1.33. The van der Waals surface area contributed by atoms with Crippen LogP contribution in [0.1, 0.15) is 28.8 Å². The lowest BCUT2D eigenvalue weighted by molar-refractivity contribution is 0.0949. The Morgan fingerprint density at radius 1 is 1.42 bits per heavy atom. The Balaban J connectivity index is 2.05. The van der Waals surface area contributed by atoms with Gasteiger partial charge in [0.1, 0.15) is 5.82 Å². The smallest absolute Gasteiger partial charge is 0.251 e. The average Bonchev–Trinajstić information content (AvgIpc) is 2.88. The van der Waals surface area contributed by atoms with Gasteiger partial charge in [-0.25, -0.2) is 4.98 Å². The minimum Gasteiger partial charge on any atom is -0.370 e. The van der Waals surface area contributed by atoms with Gasteiger partial charge in [-0.05, 0) is 26.0 Å². The van der Waals surface area contributed by atoms with Crippen LogP contribution in [0, 0.1) is 6.92 Å². The largest absolute Gasteiger partial charge is 0.370 e.